The summed E-state index contributed by atoms with van der Waals surface area (Å²) in [6.45, 7) is 5.33. The highest BCUT2D eigenvalue weighted by Gasteiger charge is 2.35. The molecule has 4 rings (SSSR count). The van der Waals surface area contributed by atoms with Crippen molar-refractivity contribution in [2.45, 2.75) is 44.2 Å². The second kappa shape index (κ2) is 9.59. The van der Waals surface area contributed by atoms with Crippen LogP contribution in [0, 0.1) is 0 Å². The Morgan fingerprint density at radius 1 is 0.966 bits per heavy atom. The zero-order chi connectivity index (χ0) is 20.1. The molecule has 0 N–H and O–H groups in total. The summed E-state index contributed by atoms with van der Waals surface area (Å²) in [6.07, 6.45) is 6.90. The summed E-state index contributed by atoms with van der Waals surface area (Å²) in [7, 11) is 2.17. The van der Waals surface area contributed by atoms with Gasteiger partial charge in [-0.1, -0.05) is 30.3 Å². The van der Waals surface area contributed by atoms with Gasteiger partial charge in [0.1, 0.15) is 0 Å². The molecule has 5 nitrogen and oxygen atoms in total. The topological polar surface area (TPSA) is 39.9 Å². The maximum atomic E-state index is 13.3. The summed E-state index contributed by atoms with van der Waals surface area (Å²) in [5, 5.41) is 0. The predicted molar refractivity (Wildman–Crippen MR) is 115 cm³/mol. The fraction of sp³-hybridized carbons (Fsp3) is 0.542. The van der Waals surface area contributed by atoms with E-state index in [2.05, 4.69) is 52.1 Å². The van der Waals surface area contributed by atoms with Crippen molar-refractivity contribution in [2.24, 2.45) is 0 Å². The Labute approximate surface area is 174 Å². The molecule has 0 unspecified atom stereocenters. The molecule has 0 spiro atoms. The van der Waals surface area contributed by atoms with Gasteiger partial charge < -0.3 is 19.1 Å². The van der Waals surface area contributed by atoms with Gasteiger partial charge in [0, 0.05) is 31.7 Å². The van der Waals surface area contributed by atoms with Crippen LogP contribution in [0.5, 0.6) is 0 Å². The third-order valence-electron chi connectivity index (χ3n) is 6.56. The Bertz CT molecular complexity index is 746. The first-order valence-corrected chi connectivity index (χ1v) is 11.0. The number of carbonyl (C=O) groups excluding carboxylic acids is 1. The van der Waals surface area contributed by atoms with Gasteiger partial charge in [0.2, 0.25) is 0 Å². The van der Waals surface area contributed by atoms with Crippen LogP contribution in [-0.4, -0.2) is 72.5 Å². The quantitative estimate of drug-likeness (QED) is 0.750. The molecule has 0 saturated carbocycles. The maximum absolute atomic E-state index is 13.3. The van der Waals surface area contributed by atoms with E-state index >= 15 is 0 Å². The van der Waals surface area contributed by atoms with E-state index in [1.165, 1.54) is 5.56 Å². The summed E-state index contributed by atoms with van der Waals surface area (Å²) < 4.78 is 5.48. The molecule has 5 heteroatoms. The highest BCUT2D eigenvalue weighted by atomic mass is 16.3. The lowest BCUT2D eigenvalue weighted by Crippen LogP contribution is -2.54. The van der Waals surface area contributed by atoms with Gasteiger partial charge in [-0.15, -0.1) is 0 Å². The molecule has 0 bridgehead atoms. The molecule has 0 aliphatic carbocycles. The van der Waals surface area contributed by atoms with Crippen LogP contribution in [-0.2, 0) is 6.42 Å². The van der Waals surface area contributed by atoms with Crippen LogP contribution < -0.4 is 0 Å². The van der Waals surface area contributed by atoms with Gasteiger partial charge in [0.25, 0.3) is 5.91 Å². The predicted octanol–water partition coefficient (Wildman–Crippen LogP) is 3.52. The molecule has 2 aliphatic heterocycles. The molecule has 2 aromatic rings. The number of benzene rings is 1. The molecule has 1 amide bonds. The SMILES string of the molecule is CN1CCC(N(C(=O)c2ccco2)C2CCN(CCc3ccccc3)CC2)CC1. The lowest BCUT2D eigenvalue weighted by atomic mass is 9.95. The van der Waals surface area contributed by atoms with Crippen molar-refractivity contribution in [1.82, 2.24) is 14.7 Å². The summed E-state index contributed by atoms with van der Waals surface area (Å²) >= 11 is 0. The van der Waals surface area contributed by atoms with Gasteiger partial charge in [-0.3, -0.25) is 4.79 Å². The van der Waals surface area contributed by atoms with Crippen molar-refractivity contribution in [3.63, 3.8) is 0 Å². The molecule has 0 radical (unpaired) electrons. The minimum Gasteiger partial charge on any atom is -0.459 e. The number of furan rings is 1. The molecule has 0 atom stereocenters. The van der Waals surface area contributed by atoms with Gasteiger partial charge >= 0.3 is 0 Å². The summed E-state index contributed by atoms with van der Waals surface area (Å²) in [5.74, 6) is 0.558. The maximum Gasteiger partial charge on any atom is 0.290 e. The summed E-state index contributed by atoms with van der Waals surface area (Å²) in [4.78, 5) is 20.4. The van der Waals surface area contributed by atoms with Crippen molar-refractivity contribution < 1.29 is 9.21 Å². The minimum atomic E-state index is 0.0762. The lowest BCUT2D eigenvalue weighted by molar-refractivity contribution is 0.0294. The van der Waals surface area contributed by atoms with E-state index in [0.717, 1.165) is 64.8 Å². The van der Waals surface area contributed by atoms with Crippen molar-refractivity contribution >= 4 is 5.91 Å². The second-order valence-corrected chi connectivity index (χ2v) is 8.53. The van der Waals surface area contributed by atoms with Crippen LogP contribution >= 0.6 is 0 Å². The molecule has 1 aromatic heterocycles. The van der Waals surface area contributed by atoms with E-state index in [4.69, 9.17) is 4.42 Å². The molecular weight excluding hydrogens is 362 g/mol. The zero-order valence-electron chi connectivity index (χ0n) is 17.5. The van der Waals surface area contributed by atoms with Gasteiger partial charge in [-0.25, -0.2) is 0 Å². The molecule has 2 fully saturated rings. The van der Waals surface area contributed by atoms with Gasteiger partial charge in [0.15, 0.2) is 5.76 Å². The normalized spacial score (nSPS) is 20.0. The first kappa shape index (κ1) is 20.2. The molecule has 3 heterocycles. The van der Waals surface area contributed by atoms with Crippen LogP contribution in [0.15, 0.2) is 53.1 Å². The van der Waals surface area contributed by atoms with Crippen LogP contribution in [0.4, 0.5) is 0 Å². The van der Waals surface area contributed by atoms with Gasteiger partial charge in [-0.2, -0.15) is 0 Å². The Morgan fingerprint density at radius 3 is 2.24 bits per heavy atom. The average Bonchev–Trinajstić information content (AvgIpc) is 3.30. The molecule has 29 heavy (non-hydrogen) atoms. The lowest BCUT2D eigenvalue weighted by Gasteiger charge is -2.44. The minimum absolute atomic E-state index is 0.0762. The fourth-order valence-electron chi connectivity index (χ4n) is 4.78. The van der Waals surface area contributed by atoms with E-state index in [1.807, 2.05) is 6.07 Å². The fourth-order valence-corrected chi connectivity index (χ4v) is 4.78. The van der Waals surface area contributed by atoms with E-state index < -0.39 is 0 Å². The molecule has 156 valence electrons. The van der Waals surface area contributed by atoms with Crippen LogP contribution in [0.25, 0.3) is 0 Å². The number of hydrogen-bond donors (Lipinski definition) is 0. The number of hydrogen-bond acceptors (Lipinski definition) is 4. The Hall–Kier alpha value is -2.11. The van der Waals surface area contributed by atoms with E-state index in [-0.39, 0.29) is 5.91 Å². The standard InChI is InChI=1S/C24H33N3O2/c1-25-14-10-21(11-15-25)27(24(28)23-8-5-19-29-23)22-12-17-26(18-13-22)16-9-20-6-3-2-4-7-20/h2-8,19,21-22H,9-18H2,1H3. The number of nitrogens with zero attached hydrogens (tertiary/aromatic N) is 3. The zero-order valence-corrected chi connectivity index (χ0v) is 17.5. The molecule has 2 aliphatic rings. The summed E-state index contributed by atoms with van der Waals surface area (Å²) in [5.41, 5.74) is 1.40. The Balaban J connectivity index is 1.37. The number of likely N-dealkylation sites (tertiary alicyclic amines) is 2. The second-order valence-electron chi connectivity index (χ2n) is 8.53. The van der Waals surface area contributed by atoms with Gasteiger partial charge in [0.05, 0.1) is 6.26 Å². The molecule has 2 saturated heterocycles. The number of rotatable bonds is 6. The monoisotopic (exact) mass is 395 g/mol. The Kier molecular flexibility index (Phi) is 6.67. The highest BCUT2D eigenvalue weighted by molar-refractivity contribution is 5.92. The largest absolute Gasteiger partial charge is 0.459 e. The average molecular weight is 396 g/mol. The number of amides is 1. The van der Waals surface area contributed by atoms with E-state index in [9.17, 15) is 4.79 Å². The first-order valence-electron chi connectivity index (χ1n) is 11.0. The first-order chi connectivity index (χ1) is 14.2. The summed E-state index contributed by atoms with van der Waals surface area (Å²) in [6, 6.07) is 15.0. The van der Waals surface area contributed by atoms with Crippen molar-refractivity contribution in [2.75, 3.05) is 39.8 Å². The highest BCUT2D eigenvalue weighted by Crippen LogP contribution is 2.26. The van der Waals surface area contributed by atoms with E-state index in [0.29, 0.717) is 17.8 Å². The van der Waals surface area contributed by atoms with Gasteiger partial charge in [-0.05, 0) is 69.9 Å². The number of piperidine rings is 2. The smallest absolute Gasteiger partial charge is 0.290 e. The van der Waals surface area contributed by atoms with Crippen LogP contribution in [0.3, 0.4) is 0 Å². The third kappa shape index (κ3) is 5.09. The Morgan fingerprint density at radius 2 is 1.62 bits per heavy atom. The van der Waals surface area contributed by atoms with Crippen molar-refractivity contribution in [3.8, 4) is 0 Å². The van der Waals surface area contributed by atoms with Crippen LogP contribution in [0.1, 0.15) is 41.8 Å². The van der Waals surface area contributed by atoms with Crippen LogP contribution in [0.2, 0.25) is 0 Å². The molecular formula is C24H33N3O2. The van der Waals surface area contributed by atoms with Crippen molar-refractivity contribution in [1.29, 1.82) is 0 Å². The third-order valence-corrected chi connectivity index (χ3v) is 6.56. The number of carbonyl (C=O) groups is 1. The van der Waals surface area contributed by atoms with Crippen molar-refractivity contribution in [3.05, 3.63) is 60.1 Å². The van der Waals surface area contributed by atoms with E-state index in [1.54, 1.807) is 12.3 Å². The molecule has 1 aromatic carbocycles.